The molecule has 1 aromatic heterocycles. The first-order valence-corrected chi connectivity index (χ1v) is 10.5. The van der Waals surface area contributed by atoms with Gasteiger partial charge >= 0.3 is 0 Å². The van der Waals surface area contributed by atoms with Gasteiger partial charge in [-0.1, -0.05) is 53.5 Å². The highest BCUT2D eigenvalue weighted by atomic mass is 35.5. The Morgan fingerprint density at radius 2 is 1.71 bits per heavy atom. The molecule has 0 spiro atoms. The summed E-state index contributed by atoms with van der Waals surface area (Å²) < 4.78 is 1.69. The van der Waals surface area contributed by atoms with Crippen LogP contribution in [0.2, 0.25) is 10.0 Å². The zero-order chi connectivity index (χ0) is 22.1. The van der Waals surface area contributed by atoms with Crippen LogP contribution >= 0.6 is 23.2 Å². The average molecular weight is 451 g/mol. The van der Waals surface area contributed by atoms with Crippen LogP contribution in [0.15, 0.2) is 60.7 Å². The van der Waals surface area contributed by atoms with Gasteiger partial charge in [-0.15, -0.1) is 5.10 Å². The molecule has 0 aliphatic carbocycles. The van der Waals surface area contributed by atoms with E-state index in [1.165, 1.54) is 0 Å². The van der Waals surface area contributed by atoms with Crippen LogP contribution in [0.4, 0.5) is 5.69 Å². The van der Waals surface area contributed by atoms with Gasteiger partial charge in [0.15, 0.2) is 5.82 Å². The summed E-state index contributed by atoms with van der Waals surface area (Å²) in [4.78, 5) is 17.5. The zero-order valence-corrected chi connectivity index (χ0v) is 18.8. The number of anilines is 1. The molecule has 4 rings (SSSR count). The Morgan fingerprint density at radius 3 is 2.45 bits per heavy atom. The van der Waals surface area contributed by atoms with E-state index in [1.807, 2.05) is 57.2 Å². The maximum atomic E-state index is 12.9. The van der Waals surface area contributed by atoms with Gasteiger partial charge < -0.3 is 5.32 Å². The molecule has 0 aliphatic rings. The van der Waals surface area contributed by atoms with Crippen LogP contribution in [-0.4, -0.2) is 20.7 Å². The van der Waals surface area contributed by atoms with Crippen molar-refractivity contribution < 1.29 is 4.79 Å². The second-order valence-electron chi connectivity index (χ2n) is 7.39. The molecular weight excluding hydrogens is 431 g/mol. The lowest BCUT2D eigenvalue weighted by Gasteiger charge is -2.10. The molecule has 0 aliphatic heterocycles. The lowest BCUT2D eigenvalue weighted by molar-refractivity contribution is 0.101. The van der Waals surface area contributed by atoms with Gasteiger partial charge in [0.1, 0.15) is 0 Å². The van der Waals surface area contributed by atoms with Crippen LogP contribution < -0.4 is 5.32 Å². The van der Waals surface area contributed by atoms with Crippen LogP contribution in [-0.2, 0) is 0 Å². The first-order valence-electron chi connectivity index (χ1n) is 9.70. The molecule has 1 heterocycles. The predicted molar refractivity (Wildman–Crippen MR) is 125 cm³/mol. The standard InChI is InChI=1S/C24H20Cl2N4O/c1-14-7-8-16(3)21(11-14)30-23(17-5-4-6-18(25)12-17)28-22(29-30)24(31)27-19-10-9-15(2)20(26)13-19/h4-13H,1-3H3,(H,27,31). The highest BCUT2D eigenvalue weighted by Crippen LogP contribution is 2.26. The van der Waals surface area contributed by atoms with Gasteiger partial charge in [0, 0.05) is 21.3 Å². The third-order valence-electron chi connectivity index (χ3n) is 4.92. The molecule has 4 aromatic rings. The molecule has 0 bridgehead atoms. The fraction of sp³-hybridized carbons (Fsp3) is 0.125. The number of carbonyl (C=O) groups excluding carboxylic acids is 1. The number of hydrogen-bond donors (Lipinski definition) is 1. The zero-order valence-electron chi connectivity index (χ0n) is 17.3. The van der Waals surface area contributed by atoms with Gasteiger partial charge in [-0.25, -0.2) is 9.67 Å². The smallest absolute Gasteiger partial charge is 0.295 e. The largest absolute Gasteiger partial charge is 0.319 e. The maximum absolute atomic E-state index is 12.9. The number of nitrogens with zero attached hydrogens (tertiary/aromatic N) is 3. The summed E-state index contributed by atoms with van der Waals surface area (Å²) in [7, 11) is 0. The van der Waals surface area contributed by atoms with Crippen molar-refractivity contribution in [2.45, 2.75) is 20.8 Å². The minimum Gasteiger partial charge on any atom is -0.319 e. The van der Waals surface area contributed by atoms with E-state index in [1.54, 1.807) is 28.9 Å². The van der Waals surface area contributed by atoms with Gasteiger partial charge in [0.05, 0.1) is 5.69 Å². The highest BCUT2D eigenvalue weighted by Gasteiger charge is 2.20. The number of aryl methyl sites for hydroxylation is 3. The minimum atomic E-state index is -0.424. The second-order valence-corrected chi connectivity index (χ2v) is 8.23. The molecule has 5 nitrogen and oxygen atoms in total. The summed E-state index contributed by atoms with van der Waals surface area (Å²) >= 11 is 12.4. The van der Waals surface area contributed by atoms with E-state index in [2.05, 4.69) is 15.4 Å². The number of carbonyl (C=O) groups is 1. The summed E-state index contributed by atoms with van der Waals surface area (Å²) in [6.07, 6.45) is 0. The molecule has 7 heteroatoms. The fourth-order valence-electron chi connectivity index (χ4n) is 3.20. The SMILES string of the molecule is Cc1ccc(C)c(-n2nc(C(=O)Nc3ccc(C)c(Cl)c3)nc2-c2cccc(Cl)c2)c1. The number of benzene rings is 3. The van der Waals surface area contributed by atoms with Crippen molar-refractivity contribution in [1.29, 1.82) is 0 Å². The Labute approximate surface area is 190 Å². The Kier molecular flexibility index (Phi) is 5.81. The van der Waals surface area contributed by atoms with Crippen LogP contribution in [0.5, 0.6) is 0 Å². The molecular formula is C24H20Cl2N4O. The van der Waals surface area contributed by atoms with Crippen LogP contribution in [0.25, 0.3) is 17.1 Å². The van der Waals surface area contributed by atoms with Crippen molar-refractivity contribution in [3.05, 3.63) is 93.2 Å². The van der Waals surface area contributed by atoms with E-state index >= 15 is 0 Å². The van der Waals surface area contributed by atoms with Gasteiger partial charge in [-0.2, -0.15) is 0 Å². The molecule has 0 saturated carbocycles. The average Bonchev–Trinajstić information content (AvgIpc) is 3.18. The van der Waals surface area contributed by atoms with Gasteiger partial charge in [-0.05, 0) is 67.8 Å². The van der Waals surface area contributed by atoms with Gasteiger partial charge in [0.2, 0.25) is 5.82 Å². The Morgan fingerprint density at radius 1 is 0.935 bits per heavy atom. The van der Waals surface area contributed by atoms with Gasteiger partial charge in [-0.3, -0.25) is 4.79 Å². The van der Waals surface area contributed by atoms with Gasteiger partial charge in [0.25, 0.3) is 5.91 Å². The molecule has 31 heavy (non-hydrogen) atoms. The molecule has 0 radical (unpaired) electrons. The monoisotopic (exact) mass is 450 g/mol. The normalized spacial score (nSPS) is 10.9. The molecule has 0 unspecified atom stereocenters. The second kappa shape index (κ2) is 8.53. The first-order chi connectivity index (χ1) is 14.8. The number of halogens is 2. The molecule has 0 atom stereocenters. The highest BCUT2D eigenvalue weighted by molar-refractivity contribution is 6.31. The van der Waals surface area contributed by atoms with E-state index in [-0.39, 0.29) is 5.82 Å². The molecule has 3 aromatic carbocycles. The van der Waals surface area contributed by atoms with Crippen molar-refractivity contribution in [2.75, 3.05) is 5.32 Å². The van der Waals surface area contributed by atoms with Crippen molar-refractivity contribution in [3.8, 4) is 17.1 Å². The summed E-state index contributed by atoms with van der Waals surface area (Å²) in [5, 5.41) is 8.51. The molecule has 0 saturated heterocycles. The third kappa shape index (κ3) is 4.48. The Balaban J connectivity index is 1.80. The van der Waals surface area contributed by atoms with E-state index in [4.69, 9.17) is 23.2 Å². The lowest BCUT2D eigenvalue weighted by Crippen LogP contribution is -2.14. The third-order valence-corrected chi connectivity index (χ3v) is 5.56. The Hall–Kier alpha value is -3.15. The van der Waals surface area contributed by atoms with Crippen LogP contribution in [0.1, 0.15) is 27.3 Å². The van der Waals surface area contributed by atoms with Crippen molar-refractivity contribution >= 4 is 34.8 Å². The molecule has 1 amide bonds. The van der Waals surface area contributed by atoms with Crippen LogP contribution in [0.3, 0.4) is 0 Å². The number of aromatic nitrogens is 3. The minimum absolute atomic E-state index is 0.0487. The lowest BCUT2D eigenvalue weighted by atomic mass is 10.1. The van der Waals surface area contributed by atoms with E-state index in [0.29, 0.717) is 21.6 Å². The fourth-order valence-corrected chi connectivity index (χ4v) is 3.57. The molecule has 156 valence electrons. The molecule has 0 fully saturated rings. The maximum Gasteiger partial charge on any atom is 0.295 e. The quantitative estimate of drug-likeness (QED) is 0.390. The number of amides is 1. The first kappa shape index (κ1) is 21.1. The molecule has 1 N–H and O–H groups in total. The van der Waals surface area contributed by atoms with E-state index in [0.717, 1.165) is 27.9 Å². The number of rotatable bonds is 4. The van der Waals surface area contributed by atoms with Crippen LogP contribution in [0, 0.1) is 20.8 Å². The number of nitrogens with one attached hydrogen (secondary N) is 1. The van der Waals surface area contributed by atoms with E-state index in [9.17, 15) is 4.79 Å². The van der Waals surface area contributed by atoms with Crippen molar-refractivity contribution in [1.82, 2.24) is 14.8 Å². The van der Waals surface area contributed by atoms with Crippen molar-refractivity contribution in [3.63, 3.8) is 0 Å². The predicted octanol–water partition coefficient (Wildman–Crippen LogP) is 6.42. The van der Waals surface area contributed by atoms with E-state index < -0.39 is 5.91 Å². The van der Waals surface area contributed by atoms with Crippen molar-refractivity contribution in [2.24, 2.45) is 0 Å². The Bertz CT molecular complexity index is 1300. The topological polar surface area (TPSA) is 59.8 Å². The number of hydrogen-bond acceptors (Lipinski definition) is 3. The summed E-state index contributed by atoms with van der Waals surface area (Å²) in [5.41, 5.74) is 5.20. The summed E-state index contributed by atoms with van der Waals surface area (Å²) in [6, 6.07) is 18.7. The summed E-state index contributed by atoms with van der Waals surface area (Å²) in [6.45, 7) is 5.90. The summed E-state index contributed by atoms with van der Waals surface area (Å²) in [5.74, 6) is 0.156.